The average Bonchev–Trinajstić information content (AvgIpc) is 1.86. The fraction of sp³-hybridized carbons (Fsp3) is 1.00. The summed E-state index contributed by atoms with van der Waals surface area (Å²) in [7, 11) is 0. The van der Waals surface area contributed by atoms with Gasteiger partial charge in [0.25, 0.3) is 0 Å². The second kappa shape index (κ2) is 1.55. The first-order chi connectivity index (χ1) is 2.89. The highest BCUT2D eigenvalue weighted by Crippen LogP contribution is 1.96. The van der Waals surface area contributed by atoms with Crippen LogP contribution in [0.3, 0.4) is 0 Å². The van der Waals surface area contributed by atoms with Gasteiger partial charge in [-0.3, -0.25) is 0 Å². The van der Waals surface area contributed by atoms with Gasteiger partial charge < -0.3 is 0 Å². The van der Waals surface area contributed by atoms with Gasteiger partial charge in [0.15, 0.2) is 0 Å². The predicted octanol–water partition coefficient (Wildman–Crippen LogP) is -0.253. The molecule has 1 fully saturated rings. The molecule has 0 N–H and O–H groups in total. The lowest BCUT2D eigenvalue weighted by molar-refractivity contribution is -0.248. The minimum Gasteiger partial charge on any atom is -0.234 e. The summed E-state index contributed by atoms with van der Waals surface area (Å²) >= 11 is 0. The molecule has 0 aromatic carbocycles. The average molecular weight is 89.1 g/mol. The number of hydrogen-bond acceptors (Lipinski definition) is 2. The zero-order valence-corrected chi connectivity index (χ0v) is 3.22. The molecule has 0 unspecified atom stereocenters. The lowest BCUT2D eigenvalue weighted by atomic mass is 10.4. The van der Waals surface area contributed by atoms with Crippen LogP contribution >= 0.6 is 0 Å². The number of hydrogen-bond donors (Lipinski definition) is 0. The van der Waals surface area contributed by atoms with Gasteiger partial charge in [-0.15, -0.1) is 0 Å². The molecule has 1 rings (SSSR count). The summed E-state index contributed by atoms with van der Waals surface area (Å²) in [6.45, 7) is 0.417. The lowest BCUT2D eigenvalue weighted by Crippen LogP contribution is -2.05. The van der Waals surface area contributed by atoms with E-state index in [9.17, 15) is 5.11 Å². The predicted molar refractivity (Wildman–Crippen MR) is 16.4 cm³/mol. The highest BCUT2D eigenvalue weighted by Gasteiger charge is 2.13. The third-order valence-corrected chi connectivity index (χ3v) is 0.591. The van der Waals surface area contributed by atoms with Crippen molar-refractivity contribution >= 4 is 0 Å². The standard InChI is InChI=1S/C3H5O3/c4-3-1-5-6-2-3/h3H,1-2H2. The van der Waals surface area contributed by atoms with Crippen molar-refractivity contribution in [2.45, 2.75) is 6.10 Å². The van der Waals surface area contributed by atoms with Crippen LogP contribution in [-0.4, -0.2) is 19.3 Å². The molecule has 0 amide bonds. The molecule has 35 valence electrons. The highest BCUT2D eigenvalue weighted by molar-refractivity contribution is 4.50. The third kappa shape index (κ3) is 0.680. The van der Waals surface area contributed by atoms with Crippen LogP contribution in [0.15, 0.2) is 0 Å². The Kier molecular flexibility index (Phi) is 1.05. The lowest BCUT2D eigenvalue weighted by Gasteiger charge is -1.80. The van der Waals surface area contributed by atoms with Crippen LogP contribution in [0.4, 0.5) is 0 Å². The normalized spacial score (nSPS) is 25.5. The van der Waals surface area contributed by atoms with Gasteiger partial charge in [-0.1, -0.05) is 0 Å². The molecular formula is C3H5O3. The van der Waals surface area contributed by atoms with Gasteiger partial charge in [0, 0.05) is 0 Å². The van der Waals surface area contributed by atoms with E-state index < -0.39 is 6.10 Å². The van der Waals surface area contributed by atoms with Crippen molar-refractivity contribution in [3.05, 3.63) is 0 Å². The summed E-state index contributed by atoms with van der Waals surface area (Å²) in [5.41, 5.74) is 0. The molecule has 0 aliphatic carbocycles. The summed E-state index contributed by atoms with van der Waals surface area (Å²) in [5, 5.41) is 10.1. The Balaban J connectivity index is 2.18. The summed E-state index contributed by atoms with van der Waals surface area (Å²) < 4.78 is 0. The van der Waals surface area contributed by atoms with Crippen molar-refractivity contribution in [1.82, 2.24) is 0 Å². The van der Waals surface area contributed by atoms with Crippen molar-refractivity contribution in [3.8, 4) is 0 Å². The topological polar surface area (TPSA) is 38.4 Å². The monoisotopic (exact) mass is 89.0 g/mol. The third-order valence-electron chi connectivity index (χ3n) is 0.591. The Hall–Kier alpha value is -0.120. The molecule has 6 heavy (non-hydrogen) atoms. The van der Waals surface area contributed by atoms with Gasteiger partial charge in [0.05, 0.1) is 0 Å². The number of rotatable bonds is 0. The van der Waals surface area contributed by atoms with E-state index in [1.807, 2.05) is 0 Å². The summed E-state index contributed by atoms with van der Waals surface area (Å²) in [6.07, 6.45) is -0.648. The quantitative estimate of drug-likeness (QED) is 0.384. The van der Waals surface area contributed by atoms with Gasteiger partial charge in [-0.2, -0.15) is 0 Å². The maximum absolute atomic E-state index is 10.1. The summed E-state index contributed by atoms with van der Waals surface area (Å²) in [5.74, 6) is 0. The SMILES string of the molecule is [O]C1COOC1. The van der Waals surface area contributed by atoms with E-state index in [1.165, 1.54) is 0 Å². The first-order valence-corrected chi connectivity index (χ1v) is 1.80. The molecule has 0 bridgehead atoms. The molecule has 1 aliphatic heterocycles. The molecule has 0 atom stereocenters. The summed E-state index contributed by atoms with van der Waals surface area (Å²) in [6, 6.07) is 0. The molecule has 3 nitrogen and oxygen atoms in total. The summed E-state index contributed by atoms with van der Waals surface area (Å²) in [4.78, 5) is 8.49. The van der Waals surface area contributed by atoms with Gasteiger partial charge >= 0.3 is 0 Å². The second-order valence-electron chi connectivity index (χ2n) is 1.19. The van der Waals surface area contributed by atoms with Crippen LogP contribution < -0.4 is 0 Å². The van der Waals surface area contributed by atoms with E-state index in [0.29, 0.717) is 0 Å². The molecule has 0 aromatic heterocycles. The van der Waals surface area contributed by atoms with Gasteiger partial charge in [-0.05, 0) is 0 Å². The van der Waals surface area contributed by atoms with Crippen molar-refractivity contribution < 1.29 is 14.9 Å². The highest BCUT2D eigenvalue weighted by atomic mass is 17.2. The molecular weight excluding hydrogens is 84.0 g/mol. The maximum Gasteiger partial charge on any atom is 0.146 e. The van der Waals surface area contributed by atoms with Crippen molar-refractivity contribution in [1.29, 1.82) is 0 Å². The maximum atomic E-state index is 10.1. The van der Waals surface area contributed by atoms with E-state index >= 15 is 0 Å². The van der Waals surface area contributed by atoms with Crippen LogP contribution in [0.25, 0.3) is 0 Å². The zero-order chi connectivity index (χ0) is 4.41. The molecule has 1 radical (unpaired) electrons. The van der Waals surface area contributed by atoms with E-state index in [4.69, 9.17) is 0 Å². The molecule has 3 heteroatoms. The minimum atomic E-state index is -0.648. The fourth-order valence-electron chi connectivity index (χ4n) is 0.296. The Morgan fingerprint density at radius 2 is 1.83 bits per heavy atom. The van der Waals surface area contributed by atoms with Gasteiger partial charge in [-0.25, -0.2) is 14.9 Å². The largest absolute Gasteiger partial charge is 0.234 e. The van der Waals surface area contributed by atoms with Crippen molar-refractivity contribution in [3.63, 3.8) is 0 Å². The van der Waals surface area contributed by atoms with Gasteiger partial charge in [0.2, 0.25) is 0 Å². The Bertz CT molecular complexity index is 39.3. The Morgan fingerprint density at radius 3 is 2.00 bits per heavy atom. The van der Waals surface area contributed by atoms with E-state index in [1.54, 1.807) is 0 Å². The van der Waals surface area contributed by atoms with E-state index in [-0.39, 0.29) is 13.2 Å². The first kappa shape index (κ1) is 4.05. The van der Waals surface area contributed by atoms with Crippen LogP contribution in [-0.2, 0) is 14.9 Å². The smallest absolute Gasteiger partial charge is 0.146 e. The van der Waals surface area contributed by atoms with Crippen LogP contribution in [0.2, 0.25) is 0 Å². The Labute approximate surface area is 35.4 Å². The molecule has 0 aromatic rings. The van der Waals surface area contributed by atoms with Crippen LogP contribution in [0.1, 0.15) is 0 Å². The molecule has 1 heterocycles. The van der Waals surface area contributed by atoms with Crippen molar-refractivity contribution in [2.24, 2.45) is 0 Å². The van der Waals surface area contributed by atoms with E-state index in [2.05, 4.69) is 9.78 Å². The molecule has 1 aliphatic rings. The van der Waals surface area contributed by atoms with E-state index in [0.717, 1.165) is 0 Å². The second-order valence-corrected chi connectivity index (χ2v) is 1.19. The van der Waals surface area contributed by atoms with Crippen molar-refractivity contribution in [2.75, 3.05) is 13.2 Å². The van der Waals surface area contributed by atoms with Gasteiger partial charge in [0.1, 0.15) is 19.3 Å². The molecule has 0 saturated carbocycles. The molecule has 0 spiro atoms. The molecule has 1 saturated heterocycles. The zero-order valence-electron chi connectivity index (χ0n) is 3.22. The fourth-order valence-corrected chi connectivity index (χ4v) is 0.296. The Morgan fingerprint density at radius 1 is 1.33 bits per heavy atom. The first-order valence-electron chi connectivity index (χ1n) is 1.80. The van der Waals surface area contributed by atoms with Crippen LogP contribution in [0, 0.1) is 0 Å². The minimum absolute atomic E-state index is 0.208. The van der Waals surface area contributed by atoms with Crippen LogP contribution in [0.5, 0.6) is 0 Å².